The number of nitrogens with one attached hydrogen (secondary N) is 1. The van der Waals surface area contributed by atoms with Crippen LogP contribution in [-0.4, -0.2) is 23.1 Å². The average Bonchev–Trinajstić information content (AvgIpc) is 3.15. The summed E-state index contributed by atoms with van der Waals surface area (Å²) in [6.45, 7) is 1.82. The number of thioether (sulfide) groups is 1. The maximum atomic E-state index is 13.0. The van der Waals surface area contributed by atoms with Crippen molar-refractivity contribution < 1.29 is 18.8 Å². The Hall–Kier alpha value is -2.51. The van der Waals surface area contributed by atoms with E-state index < -0.39 is 17.8 Å². The zero-order valence-corrected chi connectivity index (χ0v) is 18.0. The molecule has 1 aromatic heterocycles. The molecule has 2 aliphatic rings. The van der Waals surface area contributed by atoms with E-state index in [4.69, 9.17) is 16.0 Å². The van der Waals surface area contributed by atoms with E-state index in [1.165, 1.54) is 44.2 Å². The Bertz CT molecular complexity index is 1040. The number of carbonyl (C=O) groups excluding carboxylic acids is 3. The van der Waals surface area contributed by atoms with Gasteiger partial charge in [0, 0.05) is 10.3 Å². The van der Waals surface area contributed by atoms with Crippen LogP contribution in [0, 0.1) is 6.92 Å². The topological polar surface area (TPSA) is 79.6 Å². The van der Waals surface area contributed by atoms with Gasteiger partial charge < -0.3 is 4.42 Å². The molecule has 1 aliphatic heterocycles. The normalized spacial score (nSPS) is 19.5. The van der Waals surface area contributed by atoms with Crippen LogP contribution in [0.15, 0.2) is 45.4 Å². The number of hydrogen-bond acceptors (Lipinski definition) is 5. The highest BCUT2D eigenvalue weighted by Crippen LogP contribution is 2.35. The second-order valence-corrected chi connectivity index (χ2v) is 9.14. The molecule has 2 heterocycles. The third kappa shape index (κ3) is 4.32. The van der Waals surface area contributed by atoms with E-state index in [0.717, 1.165) is 15.6 Å². The number of amides is 4. The number of furan rings is 1. The largest absolute Gasteiger partial charge is 0.450 e. The third-order valence-electron chi connectivity index (χ3n) is 5.24. The number of anilines is 1. The van der Waals surface area contributed by atoms with Crippen LogP contribution in [-0.2, 0) is 9.59 Å². The number of halogens is 1. The van der Waals surface area contributed by atoms with Gasteiger partial charge in [0.25, 0.3) is 11.8 Å². The highest BCUT2D eigenvalue weighted by Gasteiger charge is 2.37. The summed E-state index contributed by atoms with van der Waals surface area (Å²) >= 11 is 7.83. The van der Waals surface area contributed by atoms with Gasteiger partial charge in [0.05, 0.1) is 5.69 Å². The predicted molar refractivity (Wildman–Crippen MR) is 117 cm³/mol. The minimum absolute atomic E-state index is 0.171. The van der Waals surface area contributed by atoms with Crippen molar-refractivity contribution in [3.05, 3.63) is 52.3 Å². The Morgan fingerprint density at radius 1 is 1.13 bits per heavy atom. The number of rotatable bonds is 4. The number of barbiturate groups is 1. The van der Waals surface area contributed by atoms with Crippen LogP contribution in [0.3, 0.4) is 0 Å². The van der Waals surface area contributed by atoms with Crippen LogP contribution in [0.2, 0.25) is 5.02 Å². The Morgan fingerprint density at radius 2 is 1.90 bits per heavy atom. The maximum Gasteiger partial charge on any atom is 0.335 e. The lowest BCUT2D eigenvalue weighted by Crippen LogP contribution is -2.54. The second-order valence-electron chi connectivity index (χ2n) is 7.43. The molecule has 1 aliphatic carbocycles. The summed E-state index contributed by atoms with van der Waals surface area (Å²) in [5.74, 6) is -1.08. The third-order valence-corrected chi connectivity index (χ3v) is 6.90. The zero-order chi connectivity index (χ0) is 21.3. The van der Waals surface area contributed by atoms with Gasteiger partial charge >= 0.3 is 6.03 Å². The minimum Gasteiger partial charge on any atom is -0.450 e. The van der Waals surface area contributed by atoms with E-state index in [9.17, 15) is 14.4 Å². The molecule has 4 amide bonds. The molecule has 0 unspecified atom stereocenters. The molecule has 2 aromatic rings. The molecule has 0 bridgehead atoms. The van der Waals surface area contributed by atoms with Crippen molar-refractivity contribution in [2.24, 2.45) is 0 Å². The highest BCUT2D eigenvalue weighted by atomic mass is 35.5. The van der Waals surface area contributed by atoms with E-state index in [-0.39, 0.29) is 5.57 Å². The minimum atomic E-state index is -0.810. The maximum absolute atomic E-state index is 13.0. The molecular formula is C22H21ClN2O4S. The van der Waals surface area contributed by atoms with Crippen molar-refractivity contribution in [1.82, 2.24) is 5.32 Å². The monoisotopic (exact) mass is 444 g/mol. The molecule has 0 radical (unpaired) electrons. The number of hydrogen-bond donors (Lipinski definition) is 1. The van der Waals surface area contributed by atoms with Gasteiger partial charge in [-0.2, -0.15) is 0 Å². The number of benzene rings is 1. The molecule has 1 aromatic carbocycles. The van der Waals surface area contributed by atoms with Crippen LogP contribution in [0.4, 0.5) is 10.5 Å². The van der Waals surface area contributed by atoms with Crippen molar-refractivity contribution in [3.8, 4) is 0 Å². The number of imide groups is 2. The van der Waals surface area contributed by atoms with Crippen LogP contribution in [0.5, 0.6) is 0 Å². The summed E-state index contributed by atoms with van der Waals surface area (Å²) in [5.41, 5.74) is 0.935. The van der Waals surface area contributed by atoms with E-state index in [1.54, 1.807) is 30.0 Å². The first kappa shape index (κ1) is 20.8. The summed E-state index contributed by atoms with van der Waals surface area (Å²) in [6, 6.07) is 7.60. The molecule has 8 heteroatoms. The second kappa shape index (κ2) is 8.70. The number of aryl methyl sites for hydroxylation is 1. The van der Waals surface area contributed by atoms with Gasteiger partial charge in [-0.15, -0.1) is 0 Å². The summed E-state index contributed by atoms with van der Waals surface area (Å²) in [4.78, 5) is 38.5. The summed E-state index contributed by atoms with van der Waals surface area (Å²) in [6.07, 6.45) is 7.45. The van der Waals surface area contributed by atoms with E-state index >= 15 is 0 Å². The molecule has 4 rings (SSSR count). The van der Waals surface area contributed by atoms with Crippen LogP contribution in [0.25, 0.3) is 6.08 Å². The summed E-state index contributed by atoms with van der Waals surface area (Å²) in [5, 5.41) is 3.92. The van der Waals surface area contributed by atoms with Gasteiger partial charge in [-0.25, -0.2) is 9.69 Å². The molecule has 1 N–H and O–H groups in total. The molecule has 0 spiro atoms. The molecule has 6 nitrogen and oxygen atoms in total. The average molecular weight is 445 g/mol. The first-order chi connectivity index (χ1) is 14.4. The zero-order valence-electron chi connectivity index (χ0n) is 16.4. The lowest BCUT2D eigenvalue weighted by Gasteiger charge is -2.26. The van der Waals surface area contributed by atoms with Crippen LogP contribution >= 0.6 is 23.4 Å². The van der Waals surface area contributed by atoms with Crippen LogP contribution in [0.1, 0.15) is 43.4 Å². The fourth-order valence-electron chi connectivity index (χ4n) is 3.58. The molecule has 2 fully saturated rings. The number of urea groups is 1. The van der Waals surface area contributed by atoms with Crippen molar-refractivity contribution in [3.63, 3.8) is 0 Å². The Labute approximate surface area is 183 Å². The molecule has 0 atom stereocenters. The summed E-state index contributed by atoms with van der Waals surface area (Å²) in [7, 11) is 0. The van der Waals surface area contributed by atoms with E-state index in [1.807, 2.05) is 13.0 Å². The Balaban J connectivity index is 1.57. The van der Waals surface area contributed by atoms with Crippen molar-refractivity contribution in [1.29, 1.82) is 0 Å². The fraction of sp³-hybridized carbons (Fsp3) is 0.318. The standard InChI is InChI=1S/C22H21ClN2O4S/c1-13-7-8-14(11-18(13)23)25-21(27)17(20(26)24-22(25)28)12-15-9-10-19(29-15)30-16-5-3-2-4-6-16/h7-12,16H,2-6H2,1H3,(H,24,26,28). The van der Waals surface area contributed by atoms with Gasteiger partial charge in [-0.3, -0.25) is 14.9 Å². The van der Waals surface area contributed by atoms with E-state index in [2.05, 4.69) is 5.32 Å². The van der Waals surface area contributed by atoms with Gasteiger partial charge in [-0.1, -0.05) is 48.7 Å². The SMILES string of the molecule is Cc1ccc(N2C(=O)NC(=O)C(=Cc3ccc(SC4CCCCC4)o3)C2=O)cc1Cl. The van der Waals surface area contributed by atoms with Gasteiger partial charge in [0.2, 0.25) is 0 Å². The van der Waals surface area contributed by atoms with Gasteiger partial charge in [0.15, 0.2) is 5.09 Å². The molecule has 30 heavy (non-hydrogen) atoms. The lowest BCUT2D eigenvalue weighted by atomic mass is 10.0. The first-order valence-corrected chi connectivity index (χ1v) is 11.1. The van der Waals surface area contributed by atoms with Crippen molar-refractivity contribution in [2.45, 2.75) is 49.4 Å². The lowest BCUT2D eigenvalue weighted by molar-refractivity contribution is -0.122. The predicted octanol–water partition coefficient (Wildman–Crippen LogP) is 5.33. The fourth-order valence-corrected chi connectivity index (χ4v) is 4.94. The van der Waals surface area contributed by atoms with Gasteiger partial charge in [0.1, 0.15) is 11.3 Å². The molecule has 156 valence electrons. The Morgan fingerprint density at radius 3 is 2.63 bits per heavy atom. The summed E-state index contributed by atoms with van der Waals surface area (Å²) < 4.78 is 5.82. The van der Waals surface area contributed by atoms with Gasteiger partial charge in [-0.05, 0) is 55.7 Å². The quantitative estimate of drug-likeness (QED) is 0.509. The number of nitrogens with zero attached hydrogens (tertiary/aromatic N) is 1. The number of carbonyl (C=O) groups is 3. The molecule has 1 saturated carbocycles. The van der Waals surface area contributed by atoms with Crippen molar-refractivity contribution >= 4 is 53.0 Å². The molecule has 1 saturated heterocycles. The van der Waals surface area contributed by atoms with Crippen LogP contribution < -0.4 is 10.2 Å². The smallest absolute Gasteiger partial charge is 0.335 e. The highest BCUT2D eigenvalue weighted by molar-refractivity contribution is 7.99. The first-order valence-electron chi connectivity index (χ1n) is 9.86. The molecular weight excluding hydrogens is 424 g/mol. The Kier molecular flexibility index (Phi) is 6.01. The van der Waals surface area contributed by atoms with E-state index in [0.29, 0.717) is 21.7 Å². The van der Waals surface area contributed by atoms with Crippen molar-refractivity contribution in [2.75, 3.05) is 4.90 Å².